The number of nitrogens with zero attached hydrogens (tertiary/aromatic N) is 3. The Morgan fingerprint density at radius 1 is 1.27 bits per heavy atom. The number of carbonyl (C=O) groups excluding carboxylic acids is 1. The molecule has 0 saturated carbocycles. The summed E-state index contributed by atoms with van der Waals surface area (Å²) in [7, 11) is 3.65. The molecule has 0 fully saturated rings. The summed E-state index contributed by atoms with van der Waals surface area (Å²) in [6.07, 6.45) is 5.33. The summed E-state index contributed by atoms with van der Waals surface area (Å²) < 4.78 is 1.74. The van der Waals surface area contributed by atoms with Gasteiger partial charge >= 0.3 is 0 Å². The largest absolute Gasteiger partial charge is 0.336 e. The molecular formula is C18H23N3O. The second-order valence-electron chi connectivity index (χ2n) is 5.83. The molecule has 0 saturated heterocycles. The molecule has 0 aliphatic rings. The number of hydrogen-bond acceptors (Lipinski definition) is 2. The van der Waals surface area contributed by atoms with Gasteiger partial charge in [-0.05, 0) is 29.2 Å². The predicted octanol–water partition coefficient (Wildman–Crippen LogP) is 3.22. The molecule has 0 unspecified atom stereocenters. The maximum absolute atomic E-state index is 12.1. The van der Waals surface area contributed by atoms with E-state index < -0.39 is 0 Å². The Morgan fingerprint density at radius 2 is 1.95 bits per heavy atom. The molecule has 22 heavy (non-hydrogen) atoms. The van der Waals surface area contributed by atoms with Gasteiger partial charge in [-0.3, -0.25) is 9.48 Å². The first kappa shape index (κ1) is 16.0. The molecule has 0 aliphatic carbocycles. The van der Waals surface area contributed by atoms with Crippen LogP contribution in [0.2, 0.25) is 0 Å². The van der Waals surface area contributed by atoms with Crippen LogP contribution in [0.25, 0.3) is 6.08 Å². The van der Waals surface area contributed by atoms with Gasteiger partial charge in [-0.2, -0.15) is 5.10 Å². The molecule has 0 aliphatic heterocycles. The van der Waals surface area contributed by atoms with Crippen molar-refractivity contribution in [1.29, 1.82) is 0 Å². The van der Waals surface area contributed by atoms with E-state index in [1.807, 2.05) is 37.5 Å². The third-order valence-electron chi connectivity index (χ3n) is 3.57. The van der Waals surface area contributed by atoms with Crippen molar-refractivity contribution in [2.45, 2.75) is 26.3 Å². The van der Waals surface area contributed by atoms with Gasteiger partial charge in [0.05, 0.1) is 12.2 Å². The number of likely N-dealkylation sites (N-methyl/N-ethyl adjacent to an activating group) is 1. The Labute approximate surface area is 132 Å². The average Bonchev–Trinajstić information content (AvgIpc) is 2.90. The van der Waals surface area contributed by atoms with Gasteiger partial charge in [-0.25, -0.2) is 0 Å². The summed E-state index contributed by atoms with van der Waals surface area (Å²) in [5.74, 6) is 0.489. The van der Waals surface area contributed by atoms with Crippen LogP contribution >= 0.6 is 0 Å². The van der Waals surface area contributed by atoms with Crippen molar-refractivity contribution in [2.75, 3.05) is 7.05 Å². The highest BCUT2D eigenvalue weighted by molar-refractivity contribution is 5.91. The van der Waals surface area contributed by atoms with E-state index in [1.165, 1.54) is 5.56 Å². The highest BCUT2D eigenvalue weighted by Gasteiger charge is 2.07. The van der Waals surface area contributed by atoms with Crippen molar-refractivity contribution in [3.63, 3.8) is 0 Å². The van der Waals surface area contributed by atoms with Gasteiger partial charge in [0, 0.05) is 26.4 Å². The third kappa shape index (κ3) is 4.32. The molecule has 2 rings (SSSR count). The minimum Gasteiger partial charge on any atom is -0.336 e. The molecule has 1 heterocycles. The Morgan fingerprint density at radius 3 is 2.50 bits per heavy atom. The van der Waals surface area contributed by atoms with Crippen LogP contribution in [0.1, 0.15) is 36.6 Å². The fraction of sp³-hybridized carbons (Fsp3) is 0.333. The van der Waals surface area contributed by atoms with E-state index in [0.717, 1.165) is 11.3 Å². The van der Waals surface area contributed by atoms with E-state index in [0.29, 0.717) is 12.5 Å². The van der Waals surface area contributed by atoms with Crippen LogP contribution in [0.15, 0.2) is 42.6 Å². The normalized spacial score (nSPS) is 11.3. The zero-order valence-electron chi connectivity index (χ0n) is 13.7. The number of amides is 1. The Kier molecular flexibility index (Phi) is 5.15. The van der Waals surface area contributed by atoms with Gasteiger partial charge in [-0.1, -0.05) is 38.1 Å². The molecule has 0 N–H and O–H groups in total. The van der Waals surface area contributed by atoms with Crippen LogP contribution in [0.5, 0.6) is 0 Å². The molecule has 0 bridgehead atoms. The summed E-state index contributed by atoms with van der Waals surface area (Å²) in [6.45, 7) is 4.85. The average molecular weight is 297 g/mol. The molecule has 116 valence electrons. The molecule has 4 heteroatoms. The van der Waals surface area contributed by atoms with Crippen molar-refractivity contribution in [2.24, 2.45) is 7.05 Å². The zero-order valence-corrected chi connectivity index (χ0v) is 13.7. The minimum atomic E-state index is -0.0291. The molecule has 1 aromatic heterocycles. The number of aryl methyl sites for hydroxylation is 1. The standard InChI is InChI=1S/C18H23N3O/c1-14(2)16-8-5-15(6-9-16)7-10-18(22)20(3)13-17-11-12-21(4)19-17/h5-12,14H,13H2,1-4H3/b10-7+. The SMILES string of the molecule is CC(C)c1ccc(/C=C/C(=O)N(C)Cc2ccn(C)n2)cc1. The number of hydrogen-bond donors (Lipinski definition) is 0. The van der Waals surface area contributed by atoms with Gasteiger partial charge in [0.1, 0.15) is 0 Å². The second-order valence-corrected chi connectivity index (χ2v) is 5.83. The topological polar surface area (TPSA) is 38.1 Å². The van der Waals surface area contributed by atoms with Crippen molar-refractivity contribution in [3.05, 3.63) is 59.4 Å². The molecule has 1 amide bonds. The van der Waals surface area contributed by atoms with E-state index in [9.17, 15) is 4.79 Å². The highest BCUT2D eigenvalue weighted by Crippen LogP contribution is 2.15. The second kappa shape index (κ2) is 7.07. The molecular weight excluding hydrogens is 274 g/mol. The predicted molar refractivity (Wildman–Crippen MR) is 89.2 cm³/mol. The zero-order chi connectivity index (χ0) is 16.1. The highest BCUT2D eigenvalue weighted by atomic mass is 16.2. The van der Waals surface area contributed by atoms with Gasteiger partial charge in [0.25, 0.3) is 0 Å². The first-order valence-corrected chi connectivity index (χ1v) is 7.47. The molecule has 0 spiro atoms. The van der Waals surface area contributed by atoms with Crippen molar-refractivity contribution in [1.82, 2.24) is 14.7 Å². The minimum absolute atomic E-state index is 0.0291. The number of aromatic nitrogens is 2. The monoisotopic (exact) mass is 297 g/mol. The van der Waals surface area contributed by atoms with E-state index in [4.69, 9.17) is 0 Å². The third-order valence-corrected chi connectivity index (χ3v) is 3.57. The van der Waals surface area contributed by atoms with Gasteiger partial charge < -0.3 is 4.90 Å². The van der Waals surface area contributed by atoms with Crippen molar-refractivity contribution >= 4 is 12.0 Å². The Hall–Kier alpha value is -2.36. The Bertz CT molecular complexity index is 653. The van der Waals surface area contributed by atoms with Crippen LogP contribution in [-0.2, 0) is 18.4 Å². The van der Waals surface area contributed by atoms with Crippen LogP contribution in [-0.4, -0.2) is 27.6 Å². The van der Waals surface area contributed by atoms with Gasteiger partial charge in [0.2, 0.25) is 5.91 Å². The first-order valence-electron chi connectivity index (χ1n) is 7.47. The van der Waals surface area contributed by atoms with E-state index in [-0.39, 0.29) is 5.91 Å². The van der Waals surface area contributed by atoms with E-state index >= 15 is 0 Å². The number of benzene rings is 1. The van der Waals surface area contributed by atoms with Crippen LogP contribution in [0, 0.1) is 0 Å². The lowest BCUT2D eigenvalue weighted by Crippen LogP contribution is -2.24. The summed E-state index contributed by atoms with van der Waals surface area (Å²) in [5, 5.41) is 4.28. The van der Waals surface area contributed by atoms with Crippen LogP contribution in [0.4, 0.5) is 0 Å². The number of rotatable bonds is 5. The fourth-order valence-electron chi connectivity index (χ4n) is 2.16. The smallest absolute Gasteiger partial charge is 0.246 e. The van der Waals surface area contributed by atoms with Gasteiger partial charge in [-0.15, -0.1) is 0 Å². The van der Waals surface area contributed by atoms with Crippen LogP contribution in [0.3, 0.4) is 0 Å². The lowest BCUT2D eigenvalue weighted by molar-refractivity contribution is -0.125. The van der Waals surface area contributed by atoms with E-state index in [1.54, 1.807) is 22.7 Å². The molecule has 0 atom stereocenters. The summed E-state index contributed by atoms with van der Waals surface area (Å²) >= 11 is 0. The summed E-state index contributed by atoms with van der Waals surface area (Å²) in [6, 6.07) is 10.2. The number of carbonyl (C=O) groups is 1. The van der Waals surface area contributed by atoms with Gasteiger partial charge in [0.15, 0.2) is 0 Å². The molecule has 0 radical (unpaired) electrons. The summed E-state index contributed by atoms with van der Waals surface area (Å²) in [4.78, 5) is 13.8. The van der Waals surface area contributed by atoms with Crippen molar-refractivity contribution < 1.29 is 4.79 Å². The first-order chi connectivity index (χ1) is 10.5. The Balaban J connectivity index is 1.95. The summed E-state index contributed by atoms with van der Waals surface area (Å²) in [5.41, 5.74) is 3.22. The van der Waals surface area contributed by atoms with Crippen LogP contribution < -0.4 is 0 Å². The fourth-order valence-corrected chi connectivity index (χ4v) is 2.16. The maximum Gasteiger partial charge on any atom is 0.246 e. The molecule has 2 aromatic rings. The lowest BCUT2D eigenvalue weighted by Gasteiger charge is -2.13. The molecule has 4 nitrogen and oxygen atoms in total. The lowest BCUT2D eigenvalue weighted by atomic mass is 10.0. The molecule has 1 aromatic carbocycles. The maximum atomic E-state index is 12.1. The quantitative estimate of drug-likeness (QED) is 0.795. The van der Waals surface area contributed by atoms with Crippen molar-refractivity contribution in [3.8, 4) is 0 Å². The van der Waals surface area contributed by atoms with E-state index in [2.05, 4.69) is 31.1 Å².